The van der Waals surface area contributed by atoms with E-state index >= 15 is 0 Å². The molecule has 3 aromatic carbocycles. The van der Waals surface area contributed by atoms with Gasteiger partial charge in [-0.2, -0.15) is 5.10 Å². The van der Waals surface area contributed by atoms with Crippen molar-refractivity contribution in [3.63, 3.8) is 0 Å². The molecule has 0 radical (unpaired) electrons. The number of urea groups is 1. The van der Waals surface area contributed by atoms with Crippen molar-refractivity contribution >= 4 is 11.7 Å². The van der Waals surface area contributed by atoms with E-state index in [-0.39, 0.29) is 12.1 Å². The van der Waals surface area contributed by atoms with Crippen LogP contribution in [0.5, 0.6) is 11.5 Å². The van der Waals surface area contributed by atoms with Crippen LogP contribution in [-0.4, -0.2) is 39.5 Å². The minimum absolute atomic E-state index is 0.243. The molecule has 196 valence electrons. The summed E-state index contributed by atoms with van der Waals surface area (Å²) in [5.41, 5.74) is 5.31. The van der Waals surface area contributed by atoms with Crippen molar-refractivity contribution < 1.29 is 14.3 Å². The topological polar surface area (TPSA) is 73.5 Å². The molecule has 2 aromatic heterocycles. The molecule has 6 rings (SSSR count). The number of ether oxygens (including phenoxy) is 2. The highest BCUT2D eigenvalue weighted by Gasteiger charge is 2.36. The smallest absolute Gasteiger partial charge is 0.323 e. The Morgan fingerprint density at radius 3 is 2.38 bits per heavy atom. The molecule has 0 bridgehead atoms. The van der Waals surface area contributed by atoms with Gasteiger partial charge in [-0.15, -0.1) is 0 Å². The number of carbonyl (C=O) groups excluding carboxylic acids is 1. The van der Waals surface area contributed by atoms with Gasteiger partial charge < -0.3 is 24.3 Å². The van der Waals surface area contributed by atoms with Crippen LogP contribution in [0.15, 0.2) is 97.2 Å². The maximum Gasteiger partial charge on any atom is 0.323 e. The minimum atomic E-state index is -0.378. The quantitative estimate of drug-likeness (QED) is 0.303. The first-order valence-electron chi connectivity index (χ1n) is 12.7. The zero-order chi connectivity index (χ0) is 26.9. The van der Waals surface area contributed by atoms with Crippen LogP contribution in [0.1, 0.15) is 28.6 Å². The highest BCUT2D eigenvalue weighted by atomic mass is 16.5. The standard InChI is InChI=1S/C31H29N5O3/c1-21-25-20-35(31(37)32-26-12-7-8-14-28(26)39-3)29(22-15-17-24(38-2)18-16-22)27-13-9-19-34(27)30(25)36(33-21)23-10-5-4-6-11-23/h4-19,29H,20H2,1-3H3,(H,32,37). The normalized spacial score (nSPS) is 14.2. The average Bonchev–Trinajstić information content (AvgIpc) is 3.54. The van der Waals surface area contributed by atoms with Gasteiger partial charge in [0.15, 0.2) is 0 Å². The van der Waals surface area contributed by atoms with Gasteiger partial charge in [0, 0.05) is 11.8 Å². The monoisotopic (exact) mass is 519 g/mol. The third-order valence-corrected chi connectivity index (χ3v) is 7.13. The summed E-state index contributed by atoms with van der Waals surface area (Å²) >= 11 is 0. The molecule has 0 fully saturated rings. The van der Waals surface area contributed by atoms with Gasteiger partial charge in [-0.05, 0) is 61.0 Å². The summed E-state index contributed by atoms with van der Waals surface area (Å²) in [6.07, 6.45) is 2.03. The van der Waals surface area contributed by atoms with Gasteiger partial charge in [0.1, 0.15) is 17.3 Å². The Morgan fingerprint density at radius 2 is 1.64 bits per heavy atom. The third kappa shape index (κ3) is 4.29. The molecular weight excluding hydrogens is 490 g/mol. The number of benzene rings is 3. The fraction of sp³-hybridized carbons (Fsp3) is 0.161. The van der Waals surface area contributed by atoms with E-state index in [1.165, 1.54) is 0 Å². The van der Waals surface area contributed by atoms with Gasteiger partial charge in [-0.3, -0.25) is 0 Å². The Hall–Kier alpha value is -4.98. The molecule has 0 saturated carbocycles. The predicted molar refractivity (Wildman–Crippen MR) is 150 cm³/mol. The number of hydrogen-bond acceptors (Lipinski definition) is 4. The lowest BCUT2D eigenvalue weighted by molar-refractivity contribution is 0.194. The lowest BCUT2D eigenvalue weighted by atomic mass is 10.0. The van der Waals surface area contributed by atoms with E-state index < -0.39 is 0 Å². The van der Waals surface area contributed by atoms with Gasteiger partial charge >= 0.3 is 6.03 Å². The van der Waals surface area contributed by atoms with Crippen molar-refractivity contribution in [3.05, 3.63) is 120 Å². The molecule has 1 unspecified atom stereocenters. The molecule has 1 aliphatic heterocycles. The number of methoxy groups -OCH3 is 2. The Kier molecular flexibility index (Phi) is 6.28. The zero-order valence-electron chi connectivity index (χ0n) is 22.0. The Balaban J connectivity index is 1.53. The van der Waals surface area contributed by atoms with Crippen molar-refractivity contribution in [2.24, 2.45) is 0 Å². The molecule has 39 heavy (non-hydrogen) atoms. The van der Waals surface area contributed by atoms with Gasteiger partial charge in [-0.25, -0.2) is 9.48 Å². The lowest BCUT2D eigenvalue weighted by Gasteiger charge is -2.31. The lowest BCUT2D eigenvalue weighted by Crippen LogP contribution is -2.38. The van der Waals surface area contributed by atoms with Crippen LogP contribution in [0.25, 0.3) is 11.5 Å². The van der Waals surface area contributed by atoms with E-state index in [1.54, 1.807) is 14.2 Å². The van der Waals surface area contributed by atoms with E-state index in [2.05, 4.69) is 16.0 Å². The van der Waals surface area contributed by atoms with Crippen molar-refractivity contribution in [1.82, 2.24) is 19.2 Å². The highest BCUT2D eigenvalue weighted by Crippen LogP contribution is 2.39. The second-order valence-corrected chi connectivity index (χ2v) is 9.37. The molecule has 0 aliphatic carbocycles. The number of fused-ring (bicyclic) bond motifs is 3. The molecular formula is C31H29N5O3. The van der Waals surface area contributed by atoms with Crippen LogP contribution in [0.3, 0.4) is 0 Å². The van der Waals surface area contributed by atoms with Crippen LogP contribution in [0.2, 0.25) is 0 Å². The summed E-state index contributed by atoms with van der Waals surface area (Å²) in [5, 5.41) is 8.00. The summed E-state index contributed by atoms with van der Waals surface area (Å²) in [6.45, 7) is 2.35. The number of carbonyl (C=O) groups is 1. The average molecular weight is 520 g/mol. The van der Waals surface area contributed by atoms with Crippen molar-refractivity contribution in [1.29, 1.82) is 0 Å². The molecule has 0 spiro atoms. The SMILES string of the molecule is COc1ccc(C2c3cccn3-c3c(c(C)nn3-c3ccccc3)CN2C(=O)Nc2ccccc2OC)cc1. The number of hydrogen-bond donors (Lipinski definition) is 1. The fourth-order valence-electron chi connectivity index (χ4n) is 5.22. The van der Waals surface area contributed by atoms with E-state index in [4.69, 9.17) is 14.6 Å². The number of anilines is 1. The van der Waals surface area contributed by atoms with Gasteiger partial charge in [0.2, 0.25) is 0 Å². The molecule has 8 heteroatoms. The highest BCUT2D eigenvalue weighted by molar-refractivity contribution is 5.91. The zero-order valence-corrected chi connectivity index (χ0v) is 22.0. The molecule has 1 atom stereocenters. The minimum Gasteiger partial charge on any atom is -0.497 e. The number of amides is 2. The van der Waals surface area contributed by atoms with Crippen LogP contribution in [0, 0.1) is 6.92 Å². The van der Waals surface area contributed by atoms with Crippen LogP contribution in [0.4, 0.5) is 10.5 Å². The maximum atomic E-state index is 14.1. The van der Waals surface area contributed by atoms with Crippen LogP contribution in [-0.2, 0) is 6.54 Å². The number of nitrogens with zero attached hydrogens (tertiary/aromatic N) is 4. The predicted octanol–water partition coefficient (Wildman–Crippen LogP) is 6.13. The molecule has 0 saturated heterocycles. The number of aryl methyl sites for hydroxylation is 1. The number of rotatable bonds is 5. The summed E-state index contributed by atoms with van der Waals surface area (Å²) in [5.74, 6) is 2.27. The van der Waals surface area contributed by atoms with Crippen molar-refractivity contribution in [2.45, 2.75) is 19.5 Å². The van der Waals surface area contributed by atoms with E-state index in [0.29, 0.717) is 18.0 Å². The molecule has 1 N–H and O–H groups in total. The van der Waals surface area contributed by atoms with Gasteiger partial charge in [-0.1, -0.05) is 42.5 Å². The van der Waals surface area contributed by atoms with Crippen molar-refractivity contribution in [2.75, 3.05) is 19.5 Å². The number of nitrogens with one attached hydrogen (secondary N) is 1. The van der Waals surface area contributed by atoms with Crippen molar-refractivity contribution in [3.8, 4) is 23.0 Å². The van der Waals surface area contributed by atoms with Crippen LogP contribution >= 0.6 is 0 Å². The Morgan fingerprint density at radius 1 is 0.897 bits per heavy atom. The third-order valence-electron chi connectivity index (χ3n) is 7.13. The summed E-state index contributed by atoms with van der Waals surface area (Å²) in [7, 11) is 3.24. The fourth-order valence-corrected chi connectivity index (χ4v) is 5.22. The first-order valence-corrected chi connectivity index (χ1v) is 12.7. The maximum absolute atomic E-state index is 14.1. The van der Waals surface area contributed by atoms with E-state index in [9.17, 15) is 4.79 Å². The second kappa shape index (κ2) is 10.1. The molecule has 2 amide bonds. The largest absolute Gasteiger partial charge is 0.497 e. The van der Waals surface area contributed by atoms with E-state index in [0.717, 1.165) is 39.8 Å². The number of aromatic nitrogens is 3. The molecule has 3 heterocycles. The first-order chi connectivity index (χ1) is 19.1. The van der Waals surface area contributed by atoms with E-state index in [1.807, 2.05) is 108 Å². The molecule has 5 aromatic rings. The Labute approximate surface area is 227 Å². The number of para-hydroxylation sites is 3. The summed E-state index contributed by atoms with van der Waals surface area (Å²) in [6, 6.07) is 28.8. The van der Waals surface area contributed by atoms with Gasteiger partial charge in [0.25, 0.3) is 0 Å². The molecule has 1 aliphatic rings. The summed E-state index contributed by atoms with van der Waals surface area (Å²) in [4.78, 5) is 16.0. The van der Waals surface area contributed by atoms with Crippen LogP contribution < -0.4 is 14.8 Å². The molecule has 8 nitrogen and oxygen atoms in total. The second-order valence-electron chi connectivity index (χ2n) is 9.37. The summed E-state index contributed by atoms with van der Waals surface area (Å²) < 4.78 is 15.0. The first kappa shape index (κ1) is 24.4. The Bertz CT molecular complexity index is 1620. The van der Waals surface area contributed by atoms with Gasteiger partial charge in [0.05, 0.1) is 49.6 Å².